The van der Waals surface area contributed by atoms with E-state index in [2.05, 4.69) is 20.0 Å². The minimum Gasteiger partial charge on any atom is -0.453 e. The summed E-state index contributed by atoms with van der Waals surface area (Å²) in [4.78, 5) is 37.6. The fraction of sp³-hybridized carbons (Fsp3) is 0.700. The van der Waals surface area contributed by atoms with Gasteiger partial charge >= 0.3 is 6.09 Å². The zero-order valence-corrected chi connectivity index (χ0v) is 9.64. The number of ether oxygens (including phenoxy) is 1. The number of alkyl carbamates (subject to hydrolysis) is 1. The molecular weight excluding hydrogens is 226 g/mol. The lowest BCUT2D eigenvalue weighted by atomic mass is 10.1. The molecule has 7 heteroatoms. The van der Waals surface area contributed by atoms with E-state index in [4.69, 9.17) is 0 Å². The van der Waals surface area contributed by atoms with E-state index < -0.39 is 12.3 Å². The third-order valence-electron chi connectivity index (χ3n) is 1.99. The number of carbonyl (C=O) groups is 1. The largest absolute Gasteiger partial charge is 0.453 e. The van der Waals surface area contributed by atoms with Gasteiger partial charge in [0.15, 0.2) is 0 Å². The second-order valence-electron chi connectivity index (χ2n) is 3.19. The van der Waals surface area contributed by atoms with Gasteiger partial charge in [-0.15, -0.1) is 0 Å². The van der Waals surface area contributed by atoms with Crippen LogP contribution in [0.25, 0.3) is 0 Å². The second kappa shape index (κ2) is 10.5. The molecule has 1 unspecified atom stereocenters. The van der Waals surface area contributed by atoms with Crippen molar-refractivity contribution in [1.82, 2.24) is 5.32 Å². The Morgan fingerprint density at radius 3 is 2.65 bits per heavy atom. The Morgan fingerprint density at radius 2 is 2.06 bits per heavy atom. The molecule has 1 N–H and O–H groups in total. The van der Waals surface area contributed by atoms with Crippen LogP contribution in [0.2, 0.25) is 0 Å². The first kappa shape index (κ1) is 15.0. The van der Waals surface area contributed by atoms with Gasteiger partial charge < -0.3 is 4.74 Å². The number of amides is 1. The van der Waals surface area contributed by atoms with Gasteiger partial charge in [-0.3, -0.25) is 5.32 Å². The lowest BCUT2D eigenvalue weighted by molar-refractivity contribution is 0.166. The first-order chi connectivity index (χ1) is 8.24. The number of aliphatic imine (C=N–C) groups is 2. The van der Waals surface area contributed by atoms with Crippen LogP contribution in [-0.2, 0) is 14.3 Å². The normalized spacial score (nSPS) is 10.6. The Morgan fingerprint density at radius 1 is 1.29 bits per heavy atom. The summed E-state index contributed by atoms with van der Waals surface area (Å²) >= 11 is 0. The average Bonchev–Trinajstić information content (AvgIpc) is 2.33. The number of unbranched alkanes of at least 4 members (excludes halogenated alkanes) is 2. The van der Waals surface area contributed by atoms with Crippen LogP contribution in [-0.4, -0.2) is 38.1 Å². The van der Waals surface area contributed by atoms with Crippen molar-refractivity contribution in [1.29, 1.82) is 0 Å². The summed E-state index contributed by atoms with van der Waals surface area (Å²) in [5.41, 5.74) is 0. The van der Waals surface area contributed by atoms with Crippen molar-refractivity contribution in [3.63, 3.8) is 0 Å². The lowest BCUT2D eigenvalue weighted by Crippen LogP contribution is -2.33. The van der Waals surface area contributed by atoms with Crippen LogP contribution >= 0.6 is 0 Å². The zero-order valence-electron chi connectivity index (χ0n) is 9.64. The summed E-state index contributed by atoms with van der Waals surface area (Å²) in [7, 11) is 1.23. The van der Waals surface area contributed by atoms with Crippen molar-refractivity contribution in [3.05, 3.63) is 0 Å². The van der Waals surface area contributed by atoms with Crippen LogP contribution in [0.1, 0.15) is 25.7 Å². The standard InChI is InChI=1S/C10H15N3O4/c1-17-10(16)13-9(12-8-15)5-3-2-4-6-11-7-14/h9H,2-6H2,1H3,(H,13,16). The molecule has 0 fully saturated rings. The van der Waals surface area contributed by atoms with Crippen LogP contribution < -0.4 is 5.32 Å². The summed E-state index contributed by atoms with van der Waals surface area (Å²) in [6, 6.07) is 0. The minimum absolute atomic E-state index is 0.440. The zero-order chi connectivity index (χ0) is 12.9. The SMILES string of the molecule is COC(=O)NC(CCCCCN=C=O)N=C=O. The molecule has 0 radical (unpaired) electrons. The van der Waals surface area contributed by atoms with Crippen LogP contribution in [0.4, 0.5) is 4.79 Å². The van der Waals surface area contributed by atoms with Gasteiger partial charge in [0.2, 0.25) is 12.2 Å². The molecule has 1 atom stereocenters. The molecule has 0 aliphatic rings. The highest BCUT2D eigenvalue weighted by Crippen LogP contribution is 2.04. The fourth-order valence-corrected chi connectivity index (χ4v) is 1.18. The molecule has 0 aliphatic heterocycles. The summed E-state index contributed by atoms with van der Waals surface area (Å²) in [5.74, 6) is 0. The molecule has 7 nitrogen and oxygen atoms in total. The highest BCUT2D eigenvalue weighted by atomic mass is 16.5. The number of carbonyl (C=O) groups excluding carboxylic acids is 3. The summed E-state index contributed by atoms with van der Waals surface area (Å²) in [6.45, 7) is 0.440. The number of hydrogen-bond acceptors (Lipinski definition) is 6. The molecule has 0 saturated carbocycles. The molecule has 0 aromatic heterocycles. The lowest BCUT2D eigenvalue weighted by Gasteiger charge is -2.11. The second-order valence-corrected chi connectivity index (χ2v) is 3.19. The van der Waals surface area contributed by atoms with Gasteiger partial charge in [0.05, 0.1) is 13.7 Å². The van der Waals surface area contributed by atoms with Gasteiger partial charge in [-0.05, 0) is 19.3 Å². The Kier molecular flexibility index (Phi) is 9.32. The molecule has 0 saturated heterocycles. The third-order valence-corrected chi connectivity index (χ3v) is 1.99. The van der Waals surface area contributed by atoms with E-state index in [1.807, 2.05) is 0 Å². The molecule has 1 amide bonds. The maximum atomic E-state index is 10.9. The van der Waals surface area contributed by atoms with E-state index in [1.54, 1.807) is 0 Å². The fourth-order valence-electron chi connectivity index (χ4n) is 1.18. The third kappa shape index (κ3) is 8.99. The van der Waals surface area contributed by atoms with Crippen molar-refractivity contribution in [3.8, 4) is 0 Å². The molecule has 0 spiro atoms. The minimum atomic E-state index is -0.639. The van der Waals surface area contributed by atoms with E-state index in [0.29, 0.717) is 13.0 Å². The Labute approximate surface area is 99.0 Å². The Balaban J connectivity index is 3.81. The molecule has 0 aromatic rings. The van der Waals surface area contributed by atoms with Gasteiger partial charge in [-0.1, -0.05) is 6.42 Å². The topological polar surface area (TPSA) is 97.2 Å². The number of isocyanates is 2. The summed E-state index contributed by atoms with van der Waals surface area (Å²) in [6.07, 6.45) is 4.42. The number of nitrogens with zero attached hydrogens (tertiary/aromatic N) is 2. The quantitative estimate of drug-likeness (QED) is 0.388. The summed E-state index contributed by atoms with van der Waals surface area (Å²) in [5, 5.41) is 2.39. The van der Waals surface area contributed by atoms with Crippen LogP contribution in [0.15, 0.2) is 9.98 Å². The monoisotopic (exact) mass is 241 g/mol. The van der Waals surface area contributed by atoms with Crippen molar-refractivity contribution in [2.45, 2.75) is 31.8 Å². The number of hydrogen-bond donors (Lipinski definition) is 1. The molecule has 17 heavy (non-hydrogen) atoms. The van der Waals surface area contributed by atoms with Crippen LogP contribution in [0, 0.1) is 0 Å². The molecule has 0 heterocycles. The number of methoxy groups -OCH3 is 1. The first-order valence-electron chi connectivity index (χ1n) is 5.19. The van der Waals surface area contributed by atoms with Gasteiger partial charge in [0, 0.05) is 0 Å². The molecular formula is C10H15N3O4. The molecule has 0 rings (SSSR count). The molecule has 0 aliphatic carbocycles. The highest BCUT2D eigenvalue weighted by molar-refractivity contribution is 5.67. The predicted molar refractivity (Wildman–Crippen MR) is 58.9 cm³/mol. The van der Waals surface area contributed by atoms with Gasteiger partial charge in [-0.25, -0.2) is 19.4 Å². The number of nitrogens with one attached hydrogen (secondary N) is 1. The average molecular weight is 241 g/mol. The van der Waals surface area contributed by atoms with Gasteiger partial charge in [0.25, 0.3) is 0 Å². The predicted octanol–water partition coefficient (Wildman–Crippen LogP) is 0.900. The Hall–Kier alpha value is -1.97. The highest BCUT2D eigenvalue weighted by Gasteiger charge is 2.10. The van der Waals surface area contributed by atoms with Crippen molar-refractivity contribution < 1.29 is 19.1 Å². The van der Waals surface area contributed by atoms with Crippen molar-refractivity contribution >= 4 is 18.3 Å². The van der Waals surface area contributed by atoms with E-state index in [9.17, 15) is 14.4 Å². The van der Waals surface area contributed by atoms with Gasteiger partial charge in [-0.2, -0.15) is 4.99 Å². The van der Waals surface area contributed by atoms with Crippen LogP contribution in [0.5, 0.6) is 0 Å². The summed E-state index contributed by atoms with van der Waals surface area (Å²) < 4.78 is 4.39. The first-order valence-corrected chi connectivity index (χ1v) is 5.19. The molecule has 0 bridgehead atoms. The smallest absolute Gasteiger partial charge is 0.408 e. The van der Waals surface area contributed by atoms with E-state index in [0.717, 1.165) is 19.3 Å². The number of rotatable bonds is 8. The van der Waals surface area contributed by atoms with Crippen LogP contribution in [0.3, 0.4) is 0 Å². The van der Waals surface area contributed by atoms with Crippen molar-refractivity contribution in [2.75, 3.05) is 13.7 Å². The van der Waals surface area contributed by atoms with Gasteiger partial charge in [0.1, 0.15) is 6.17 Å². The molecule has 0 aromatic carbocycles. The van der Waals surface area contributed by atoms with Crippen molar-refractivity contribution in [2.24, 2.45) is 9.98 Å². The molecule has 94 valence electrons. The van der Waals surface area contributed by atoms with E-state index in [-0.39, 0.29) is 0 Å². The van der Waals surface area contributed by atoms with E-state index >= 15 is 0 Å². The maximum absolute atomic E-state index is 10.9. The van der Waals surface area contributed by atoms with E-state index in [1.165, 1.54) is 19.3 Å². The maximum Gasteiger partial charge on any atom is 0.408 e. The Bertz CT molecular complexity index is 320.